The lowest BCUT2D eigenvalue weighted by Gasteiger charge is -2.33. The van der Waals surface area contributed by atoms with E-state index >= 15 is 0 Å². The van der Waals surface area contributed by atoms with Crippen molar-refractivity contribution in [3.05, 3.63) is 95.0 Å². The van der Waals surface area contributed by atoms with E-state index in [9.17, 15) is 18.0 Å². The largest absolute Gasteiger partial charge is 0.352 e. The molecule has 0 radical (unpaired) electrons. The Morgan fingerprint density at radius 1 is 0.921 bits per heavy atom. The second kappa shape index (κ2) is 12.9. The van der Waals surface area contributed by atoms with Crippen LogP contribution in [-0.4, -0.2) is 43.8 Å². The first-order chi connectivity index (χ1) is 18.0. The number of nitrogens with zero attached hydrogens (tertiary/aromatic N) is 2. The number of aryl methyl sites for hydroxylation is 1. The summed E-state index contributed by atoms with van der Waals surface area (Å²) in [4.78, 5) is 28.6. The standard InChI is InChI=1S/C29H34ClN3O4S/c1-5-27(29(35)31-21(2)3)32(19-23-13-15-24(30)16-14-23)28(34)20-33(25-17-11-22(4)12-18-25)38(36,37)26-9-7-6-8-10-26/h6-18,21,27H,5,19-20H2,1-4H3,(H,31,35)/t27-/m0/s1. The van der Waals surface area contributed by atoms with E-state index in [0.29, 0.717) is 17.1 Å². The Bertz CT molecular complexity index is 1330. The van der Waals surface area contributed by atoms with Crippen LogP contribution in [0.15, 0.2) is 83.8 Å². The lowest BCUT2D eigenvalue weighted by atomic mass is 10.1. The molecule has 3 rings (SSSR count). The van der Waals surface area contributed by atoms with Crippen molar-refractivity contribution >= 4 is 39.1 Å². The molecule has 0 aliphatic heterocycles. The van der Waals surface area contributed by atoms with Gasteiger partial charge in [0.05, 0.1) is 10.6 Å². The summed E-state index contributed by atoms with van der Waals surface area (Å²) in [7, 11) is -4.08. The lowest BCUT2D eigenvalue weighted by Crippen LogP contribution is -2.53. The maximum absolute atomic E-state index is 13.9. The minimum atomic E-state index is -4.08. The number of hydrogen-bond acceptors (Lipinski definition) is 4. The zero-order valence-corrected chi connectivity index (χ0v) is 23.7. The molecule has 0 aromatic heterocycles. The van der Waals surface area contributed by atoms with Gasteiger partial charge in [-0.1, -0.05) is 66.6 Å². The van der Waals surface area contributed by atoms with Gasteiger partial charge in [-0.25, -0.2) is 8.42 Å². The Morgan fingerprint density at radius 3 is 2.08 bits per heavy atom. The molecule has 0 unspecified atom stereocenters. The molecular formula is C29H34ClN3O4S. The molecule has 38 heavy (non-hydrogen) atoms. The highest BCUT2D eigenvalue weighted by molar-refractivity contribution is 7.92. The lowest BCUT2D eigenvalue weighted by molar-refractivity contribution is -0.140. The van der Waals surface area contributed by atoms with Gasteiger partial charge in [0.2, 0.25) is 11.8 Å². The van der Waals surface area contributed by atoms with Crippen LogP contribution in [0.3, 0.4) is 0 Å². The SMILES string of the molecule is CC[C@@H](C(=O)NC(C)C)N(Cc1ccc(Cl)cc1)C(=O)CN(c1ccc(C)cc1)S(=O)(=O)c1ccccc1. The summed E-state index contributed by atoms with van der Waals surface area (Å²) >= 11 is 6.05. The van der Waals surface area contributed by atoms with Crippen LogP contribution in [0.2, 0.25) is 5.02 Å². The molecule has 9 heteroatoms. The Labute approximate surface area is 230 Å². The number of rotatable bonds is 11. The number of carbonyl (C=O) groups is 2. The monoisotopic (exact) mass is 555 g/mol. The van der Waals surface area contributed by atoms with Crippen LogP contribution < -0.4 is 9.62 Å². The van der Waals surface area contributed by atoms with E-state index in [0.717, 1.165) is 15.4 Å². The van der Waals surface area contributed by atoms with Crippen molar-refractivity contribution in [3.63, 3.8) is 0 Å². The van der Waals surface area contributed by atoms with Crippen molar-refractivity contribution in [1.29, 1.82) is 0 Å². The van der Waals surface area contributed by atoms with E-state index < -0.39 is 28.5 Å². The van der Waals surface area contributed by atoms with E-state index in [-0.39, 0.29) is 23.4 Å². The molecule has 2 amide bonds. The molecular weight excluding hydrogens is 522 g/mol. The average Bonchev–Trinajstić information content (AvgIpc) is 2.89. The number of halogens is 1. The van der Waals surface area contributed by atoms with Gasteiger partial charge in [0, 0.05) is 17.6 Å². The number of benzene rings is 3. The summed E-state index contributed by atoms with van der Waals surface area (Å²) in [5, 5.41) is 3.44. The number of hydrogen-bond donors (Lipinski definition) is 1. The highest BCUT2D eigenvalue weighted by Crippen LogP contribution is 2.25. The normalized spacial score (nSPS) is 12.2. The fourth-order valence-corrected chi connectivity index (χ4v) is 5.61. The van der Waals surface area contributed by atoms with Crippen LogP contribution in [0.5, 0.6) is 0 Å². The average molecular weight is 556 g/mol. The van der Waals surface area contributed by atoms with Crippen molar-refractivity contribution in [2.75, 3.05) is 10.8 Å². The summed E-state index contributed by atoms with van der Waals surface area (Å²) in [6.45, 7) is 7.07. The number of nitrogens with one attached hydrogen (secondary N) is 1. The van der Waals surface area contributed by atoms with Crippen LogP contribution >= 0.6 is 11.6 Å². The molecule has 0 aliphatic carbocycles. The van der Waals surface area contributed by atoms with Gasteiger partial charge in [-0.05, 0) is 69.2 Å². The Morgan fingerprint density at radius 2 is 1.53 bits per heavy atom. The van der Waals surface area contributed by atoms with Crippen molar-refractivity contribution in [2.45, 2.75) is 57.6 Å². The van der Waals surface area contributed by atoms with Gasteiger partial charge in [0.25, 0.3) is 10.0 Å². The Balaban J connectivity index is 2.04. The molecule has 1 atom stereocenters. The summed E-state index contributed by atoms with van der Waals surface area (Å²) in [6.07, 6.45) is 0.355. The molecule has 1 N–H and O–H groups in total. The van der Waals surface area contributed by atoms with Crippen molar-refractivity contribution in [1.82, 2.24) is 10.2 Å². The van der Waals surface area contributed by atoms with E-state index in [4.69, 9.17) is 11.6 Å². The summed E-state index contributed by atoms with van der Waals surface area (Å²) < 4.78 is 28.6. The molecule has 0 saturated carbocycles. The van der Waals surface area contributed by atoms with Crippen LogP contribution in [0.25, 0.3) is 0 Å². The molecule has 7 nitrogen and oxygen atoms in total. The summed E-state index contributed by atoms with van der Waals surface area (Å²) in [6, 6.07) is 21.0. The maximum atomic E-state index is 13.9. The second-order valence-electron chi connectivity index (χ2n) is 9.40. The fraction of sp³-hybridized carbons (Fsp3) is 0.310. The molecule has 3 aromatic rings. The van der Waals surface area contributed by atoms with Gasteiger partial charge >= 0.3 is 0 Å². The molecule has 0 aliphatic rings. The Kier molecular flexibility index (Phi) is 9.94. The quantitative estimate of drug-likeness (QED) is 0.353. The van der Waals surface area contributed by atoms with Gasteiger partial charge in [-0.15, -0.1) is 0 Å². The first-order valence-corrected chi connectivity index (χ1v) is 14.3. The summed E-state index contributed by atoms with van der Waals surface area (Å²) in [5.41, 5.74) is 2.09. The number of carbonyl (C=O) groups excluding carboxylic acids is 2. The first-order valence-electron chi connectivity index (χ1n) is 12.5. The highest BCUT2D eigenvalue weighted by atomic mass is 35.5. The highest BCUT2D eigenvalue weighted by Gasteiger charge is 2.33. The summed E-state index contributed by atoms with van der Waals surface area (Å²) in [5.74, 6) is -0.789. The third-order valence-electron chi connectivity index (χ3n) is 6.02. The van der Waals surface area contributed by atoms with E-state index in [1.54, 1.807) is 66.7 Å². The van der Waals surface area contributed by atoms with E-state index in [1.165, 1.54) is 17.0 Å². The van der Waals surface area contributed by atoms with Crippen LogP contribution in [0, 0.1) is 6.92 Å². The van der Waals surface area contributed by atoms with Crippen molar-refractivity contribution < 1.29 is 18.0 Å². The second-order valence-corrected chi connectivity index (χ2v) is 11.7. The molecule has 0 bridgehead atoms. The smallest absolute Gasteiger partial charge is 0.264 e. The van der Waals surface area contributed by atoms with Gasteiger partial charge in [-0.3, -0.25) is 13.9 Å². The molecule has 0 fully saturated rings. The third-order valence-corrected chi connectivity index (χ3v) is 8.06. The van der Waals surface area contributed by atoms with Crippen molar-refractivity contribution in [3.8, 4) is 0 Å². The molecule has 3 aromatic carbocycles. The minimum absolute atomic E-state index is 0.0715. The van der Waals surface area contributed by atoms with Crippen LogP contribution in [0.4, 0.5) is 5.69 Å². The van der Waals surface area contributed by atoms with Crippen LogP contribution in [-0.2, 0) is 26.2 Å². The molecule has 202 valence electrons. The maximum Gasteiger partial charge on any atom is 0.264 e. The molecule has 0 saturated heterocycles. The number of amides is 2. The van der Waals surface area contributed by atoms with E-state index in [2.05, 4.69) is 5.32 Å². The van der Waals surface area contributed by atoms with Crippen molar-refractivity contribution in [2.24, 2.45) is 0 Å². The number of sulfonamides is 1. The van der Waals surface area contributed by atoms with Crippen LogP contribution in [0.1, 0.15) is 38.3 Å². The zero-order valence-electron chi connectivity index (χ0n) is 22.1. The van der Waals surface area contributed by atoms with Gasteiger partial charge in [0.15, 0.2) is 0 Å². The minimum Gasteiger partial charge on any atom is -0.352 e. The van der Waals surface area contributed by atoms with Gasteiger partial charge in [-0.2, -0.15) is 0 Å². The Hall–Kier alpha value is -3.36. The topological polar surface area (TPSA) is 86.8 Å². The predicted molar refractivity (Wildman–Crippen MR) is 152 cm³/mol. The number of anilines is 1. The van der Waals surface area contributed by atoms with E-state index in [1.807, 2.05) is 27.7 Å². The molecule has 0 heterocycles. The third kappa shape index (κ3) is 7.36. The van der Waals surface area contributed by atoms with Gasteiger partial charge < -0.3 is 10.2 Å². The predicted octanol–water partition coefficient (Wildman–Crippen LogP) is 5.18. The zero-order chi connectivity index (χ0) is 27.9. The molecule has 0 spiro atoms. The van der Waals surface area contributed by atoms with Gasteiger partial charge in [0.1, 0.15) is 12.6 Å². The fourth-order valence-electron chi connectivity index (χ4n) is 4.05. The first kappa shape index (κ1) is 29.2.